The molecular formula is C23H26N4O5S. The van der Waals surface area contributed by atoms with Crippen LogP contribution in [0.1, 0.15) is 0 Å². The van der Waals surface area contributed by atoms with Gasteiger partial charge in [0.1, 0.15) is 0 Å². The number of nitrogens with zero attached hydrogens (tertiary/aromatic N) is 4. The molecule has 0 saturated carbocycles. The molecule has 1 aliphatic heterocycles. The summed E-state index contributed by atoms with van der Waals surface area (Å²) >= 11 is 0. The minimum Gasteiger partial charge on any atom is -0.493 e. The summed E-state index contributed by atoms with van der Waals surface area (Å²) in [7, 11) is 1.19. The summed E-state index contributed by atoms with van der Waals surface area (Å²) < 4.78 is 43.4. The van der Waals surface area contributed by atoms with Gasteiger partial charge in [-0.3, -0.25) is 0 Å². The Labute approximate surface area is 193 Å². The molecule has 2 heterocycles. The molecule has 0 aliphatic carbocycles. The van der Waals surface area contributed by atoms with Crippen LogP contribution >= 0.6 is 0 Å². The predicted octanol–water partition coefficient (Wildman–Crippen LogP) is 2.68. The van der Waals surface area contributed by atoms with Crippen LogP contribution < -0.4 is 19.1 Å². The van der Waals surface area contributed by atoms with Crippen LogP contribution in [0.15, 0.2) is 59.5 Å². The summed E-state index contributed by atoms with van der Waals surface area (Å²) in [6, 6.07) is 15.9. The van der Waals surface area contributed by atoms with E-state index in [-0.39, 0.29) is 0 Å². The first-order chi connectivity index (χ1) is 16.0. The second kappa shape index (κ2) is 9.63. The number of aromatic nitrogens is 2. The molecule has 3 aromatic rings. The Kier molecular flexibility index (Phi) is 6.66. The quantitative estimate of drug-likeness (QED) is 0.520. The molecule has 0 atom stereocenters. The summed E-state index contributed by atoms with van der Waals surface area (Å²) in [5.41, 5.74) is 1.44. The fraction of sp³-hybridized carbons (Fsp3) is 0.304. The number of piperazine rings is 1. The summed E-state index contributed by atoms with van der Waals surface area (Å²) in [5.74, 6) is 2.28. The van der Waals surface area contributed by atoms with E-state index in [1.54, 1.807) is 51.7 Å². The van der Waals surface area contributed by atoms with E-state index in [9.17, 15) is 8.42 Å². The Bertz CT molecular complexity index is 1170. The van der Waals surface area contributed by atoms with Crippen molar-refractivity contribution in [2.24, 2.45) is 0 Å². The van der Waals surface area contributed by atoms with Gasteiger partial charge in [-0.15, -0.1) is 10.2 Å². The molecule has 1 aliphatic rings. The molecule has 2 aromatic carbocycles. The van der Waals surface area contributed by atoms with Crippen LogP contribution in [0.25, 0.3) is 11.3 Å². The van der Waals surface area contributed by atoms with Gasteiger partial charge in [-0.2, -0.15) is 4.31 Å². The topological polar surface area (TPSA) is 94.1 Å². The number of sulfonamides is 1. The molecule has 1 saturated heterocycles. The Morgan fingerprint density at radius 2 is 1.42 bits per heavy atom. The predicted molar refractivity (Wildman–Crippen MR) is 125 cm³/mol. The lowest BCUT2D eigenvalue weighted by Gasteiger charge is -2.34. The van der Waals surface area contributed by atoms with Crippen molar-refractivity contribution in [3.05, 3.63) is 54.6 Å². The van der Waals surface area contributed by atoms with E-state index in [1.165, 1.54) is 4.31 Å². The SMILES string of the molecule is COc1cc(-c2ccc(N3CCN(S(=O)(=O)c4ccccc4)CC3)nn2)cc(OC)c1OC. The van der Waals surface area contributed by atoms with Gasteiger partial charge in [0.15, 0.2) is 17.3 Å². The van der Waals surface area contributed by atoms with Gasteiger partial charge < -0.3 is 19.1 Å². The monoisotopic (exact) mass is 470 g/mol. The minimum absolute atomic E-state index is 0.313. The van der Waals surface area contributed by atoms with Crippen LogP contribution in [-0.4, -0.2) is 70.4 Å². The zero-order valence-electron chi connectivity index (χ0n) is 18.8. The molecule has 0 amide bonds. The Morgan fingerprint density at radius 1 is 0.788 bits per heavy atom. The lowest BCUT2D eigenvalue weighted by molar-refractivity contribution is 0.324. The summed E-state index contributed by atoms with van der Waals surface area (Å²) in [6.45, 7) is 1.83. The van der Waals surface area contributed by atoms with Crippen LogP contribution in [0, 0.1) is 0 Å². The lowest BCUT2D eigenvalue weighted by atomic mass is 10.1. The maximum Gasteiger partial charge on any atom is 0.243 e. The molecule has 0 spiro atoms. The van der Waals surface area contributed by atoms with E-state index in [0.29, 0.717) is 59.8 Å². The van der Waals surface area contributed by atoms with Gasteiger partial charge >= 0.3 is 0 Å². The lowest BCUT2D eigenvalue weighted by Crippen LogP contribution is -2.48. The average molecular weight is 471 g/mol. The molecule has 4 rings (SSSR count). The van der Waals surface area contributed by atoms with Crippen LogP contribution in [0.2, 0.25) is 0 Å². The Hall–Kier alpha value is -3.37. The Balaban J connectivity index is 1.48. The van der Waals surface area contributed by atoms with E-state index >= 15 is 0 Å². The maximum atomic E-state index is 12.8. The van der Waals surface area contributed by atoms with Gasteiger partial charge in [-0.25, -0.2) is 8.42 Å². The van der Waals surface area contributed by atoms with Crippen LogP contribution in [-0.2, 0) is 10.0 Å². The minimum atomic E-state index is -3.49. The smallest absolute Gasteiger partial charge is 0.243 e. The molecule has 33 heavy (non-hydrogen) atoms. The molecule has 0 bridgehead atoms. The van der Waals surface area contributed by atoms with Crippen molar-refractivity contribution >= 4 is 15.8 Å². The molecule has 174 valence electrons. The molecule has 0 unspecified atom stereocenters. The first-order valence-electron chi connectivity index (χ1n) is 10.4. The first kappa shape index (κ1) is 22.8. The molecule has 1 fully saturated rings. The highest BCUT2D eigenvalue weighted by Gasteiger charge is 2.29. The van der Waals surface area contributed by atoms with E-state index in [0.717, 1.165) is 5.56 Å². The second-order valence-corrected chi connectivity index (χ2v) is 9.33. The molecule has 0 N–H and O–H groups in total. The zero-order chi connectivity index (χ0) is 23.4. The highest BCUT2D eigenvalue weighted by Crippen LogP contribution is 2.40. The third-order valence-corrected chi connectivity index (χ3v) is 7.47. The first-order valence-corrected chi connectivity index (χ1v) is 11.9. The summed E-state index contributed by atoms with van der Waals surface area (Å²) in [5, 5.41) is 8.74. The van der Waals surface area contributed by atoms with Gasteiger partial charge in [-0.1, -0.05) is 18.2 Å². The third kappa shape index (κ3) is 4.57. The molecular weight excluding hydrogens is 444 g/mol. The largest absolute Gasteiger partial charge is 0.493 e. The van der Waals surface area contributed by atoms with Crippen molar-refractivity contribution in [3.63, 3.8) is 0 Å². The van der Waals surface area contributed by atoms with Gasteiger partial charge in [0.05, 0.1) is 31.9 Å². The highest BCUT2D eigenvalue weighted by molar-refractivity contribution is 7.89. The van der Waals surface area contributed by atoms with Crippen molar-refractivity contribution in [3.8, 4) is 28.5 Å². The molecule has 1 aromatic heterocycles. The summed E-state index contributed by atoms with van der Waals surface area (Å²) in [4.78, 5) is 2.34. The van der Waals surface area contributed by atoms with Crippen molar-refractivity contribution in [1.82, 2.24) is 14.5 Å². The van der Waals surface area contributed by atoms with Crippen LogP contribution in [0.5, 0.6) is 17.2 Å². The van der Waals surface area contributed by atoms with Crippen molar-refractivity contribution in [2.75, 3.05) is 52.4 Å². The van der Waals surface area contributed by atoms with Crippen molar-refractivity contribution in [2.45, 2.75) is 4.90 Å². The van der Waals surface area contributed by atoms with Crippen LogP contribution in [0.4, 0.5) is 5.82 Å². The number of hydrogen-bond acceptors (Lipinski definition) is 8. The van der Waals surface area contributed by atoms with E-state index in [2.05, 4.69) is 10.2 Å². The maximum absolute atomic E-state index is 12.8. The second-order valence-electron chi connectivity index (χ2n) is 7.39. The normalized spacial score (nSPS) is 14.7. The van der Waals surface area contributed by atoms with Crippen LogP contribution in [0.3, 0.4) is 0 Å². The third-order valence-electron chi connectivity index (χ3n) is 5.55. The highest BCUT2D eigenvalue weighted by atomic mass is 32.2. The Morgan fingerprint density at radius 3 is 1.94 bits per heavy atom. The van der Waals surface area contributed by atoms with Crippen molar-refractivity contribution < 1.29 is 22.6 Å². The number of benzene rings is 2. The number of ether oxygens (including phenoxy) is 3. The fourth-order valence-corrected chi connectivity index (χ4v) is 5.22. The molecule has 10 heteroatoms. The number of methoxy groups -OCH3 is 3. The summed E-state index contributed by atoms with van der Waals surface area (Å²) in [6.07, 6.45) is 0. The van der Waals surface area contributed by atoms with Crippen molar-refractivity contribution in [1.29, 1.82) is 0 Å². The average Bonchev–Trinajstić information content (AvgIpc) is 2.88. The van der Waals surface area contributed by atoms with Gasteiger partial charge in [0.25, 0.3) is 0 Å². The standard InChI is InChI=1S/C23H26N4O5S/c1-30-20-15-17(16-21(31-2)23(20)32-3)19-9-10-22(25-24-19)26-11-13-27(14-12-26)33(28,29)18-7-5-4-6-8-18/h4-10,15-16H,11-14H2,1-3H3. The van der Waals surface area contributed by atoms with E-state index < -0.39 is 10.0 Å². The fourth-order valence-electron chi connectivity index (χ4n) is 3.78. The van der Waals surface area contributed by atoms with Gasteiger partial charge in [-0.05, 0) is 36.4 Å². The molecule has 0 radical (unpaired) electrons. The van der Waals surface area contributed by atoms with E-state index in [4.69, 9.17) is 14.2 Å². The molecule has 9 nitrogen and oxygen atoms in total. The zero-order valence-corrected chi connectivity index (χ0v) is 19.6. The number of rotatable bonds is 7. The van der Waals surface area contributed by atoms with Gasteiger partial charge in [0, 0.05) is 31.7 Å². The van der Waals surface area contributed by atoms with E-state index in [1.807, 2.05) is 29.2 Å². The number of anilines is 1. The van der Waals surface area contributed by atoms with Gasteiger partial charge in [0.2, 0.25) is 15.8 Å². The number of hydrogen-bond donors (Lipinski definition) is 0.